The van der Waals surface area contributed by atoms with Gasteiger partial charge in [0.1, 0.15) is 0 Å². The number of carbonyl (C=O) groups is 1. The van der Waals surface area contributed by atoms with Crippen molar-refractivity contribution in [2.45, 2.75) is 36.5 Å². The van der Waals surface area contributed by atoms with Crippen LogP contribution in [0.15, 0.2) is 76.5 Å². The molecule has 2 N–H and O–H groups in total. The summed E-state index contributed by atoms with van der Waals surface area (Å²) in [5.41, 5.74) is 3.35. The minimum absolute atomic E-state index is 0.00769. The molecule has 1 heterocycles. The predicted molar refractivity (Wildman–Crippen MR) is 132 cm³/mol. The lowest BCUT2D eigenvalue weighted by atomic mass is 10.1. The Labute approximate surface area is 199 Å². The molecule has 8 nitrogen and oxygen atoms in total. The van der Waals surface area contributed by atoms with Crippen LogP contribution in [0.3, 0.4) is 0 Å². The highest BCUT2D eigenvalue weighted by atomic mass is 32.2. The van der Waals surface area contributed by atoms with Crippen LogP contribution in [0, 0.1) is 13.8 Å². The van der Waals surface area contributed by atoms with Crippen molar-refractivity contribution in [1.82, 2.24) is 0 Å². The van der Waals surface area contributed by atoms with Crippen molar-refractivity contribution in [2.75, 3.05) is 20.9 Å². The van der Waals surface area contributed by atoms with E-state index < -0.39 is 20.0 Å². The molecule has 4 rings (SSSR count). The van der Waals surface area contributed by atoms with E-state index in [1.54, 1.807) is 29.2 Å². The Morgan fingerprint density at radius 3 is 1.76 bits per heavy atom. The van der Waals surface area contributed by atoms with E-state index >= 15 is 0 Å². The van der Waals surface area contributed by atoms with Crippen LogP contribution in [-0.2, 0) is 24.8 Å². The molecule has 0 unspecified atom stereocenters. The number of carbonyl (C=O) groups excluding carboxylic acids is 1. The molecule has 0 atom stereocenters. The second-order valence-corrected chi connectivity index (χ2v) is 11.5. The van der Waals surface area contributed by atoms with E-state index in [2.05, 4.69) is 9.44 Å². The van der Waals surface area contributed by atoms with Gasteiger partial charge in [-0.2, -0.15) is 0 Å². The van der Waals surface area contributed by atoms with Gasteiger partial charge < -0.3 is 4.90 Å². The fraction of sp³-hybridized carbons (Fsp3) is 0.208. The van der Waals surface area contributed by atoms with E-state index in [1.165, 1.54) is 36.4 Å². The van der Waals surface area contributed by atoms with Crippen molar-refractivity contribution in [3.8, 4) is 0 Å². The van der Waals surface area contributed by atoms with E-state index in [9.17, 15) is 21.6 Å². The summed E-state index contributed by atoms with van der Waals surface area (Å²) in [5, 5.41) is 0. The molecule has 3 aromatic carbocycles. The van der Waals surface area contributed by atoms with Crippen LogP contribution in [0.2, 0.25) is 0 Å². The lowest BCUT2D eigenvalue weighted by molar-refractivity contribution is -0.117. The number of aryl methyl sites for hydroxylation is 2. The molecule has 0 aliphatic carbocycles. The molecular formula is C24H25N3O5S2. The van der Waals surface area contributed by atoms with Crippen molar-refractivity contribution in [2.24, 2.45) is 0 Å². The summed E-state index contributed by atoms with van der Waals surface area (Å²) in [5.74, 6) is 0.0239. The molecule has 0 bridgehead atoms. The molecule has 0 radical (unpaired) electrons. The van der Waals surface area contributed by atoms with E-state index in [1.807, 2.05) is 19.9 Å². The second-order valence-electron chi connectivity index (χ2n) is 8.18. The first-order valence-electron chi connectivity index (χ1n) is 10.7. The normalized spacial score (nSPS) is 14.3. The maximum Gasteiger partial charge on any atom is 0.261 e. The Hall–Kier alpha value is -3.37. The predicted octanol–water partition coefficient (Wildman–Crippen LogP) is 4.03. The average Bonchev–Trinajstić information content (AvgIpc) is 3.22. The van der Waals surface area contributed by atoms with Gasteiger partial charge in [0, 0.05) is 30.0 Å². The van der Waals surface area contributed by atoms with Crippen LogP contribution in [0.4, 0.5) is 17.1 Å². The number of rotatable bonds is 7. The monoisotopic (exact) mass is 499 g/mol. The first-order chi connectivity index (χ1) is 16.0. The van der Waals surface area contributed by atoms with Crippen molar-refractivity contribution in [3.05, 3.63) is 77.9 Å². The molecule has 1 fully saturated rings. The average molecular weight is 500 g/mol. The molecule has 1 aliphatic rings. The van der Waals surface area contributed by atoms with Gasteiger partial charge in [0.15, 0.2) is 0 Å². The number of hydrogen-bond donors (Lipinski definition) is 2. The fourth-order valence-electron chi connectivity index (χ4n) is 3.66. The van der Waals surface area contributed by atoms with Gasteiger partial charge in [0.05, 0.1) is 9.79 Å². The SMILES string of the molecule is Cc1ccc(NS(=O)(=O)c2ccc(NS(=O)(=O)c3ccc(N4CCCC4=O)cc3)cc2)cc1C. The van der Waals surface area contributed by atoms with Gasteiger partial charge in [-0.3, -0.25) is 14.2 Å². The van der Waals surface area contributed by atoms with Crippen LogP contribution >= 0.6 is 0 Å². The van der Waals surface area contributed by atoms with Crippen LogP contribution in [0.25, 0.3) is 0 Å². The second kappa shape index (κ2) is 9.11. The summed E-state index contributed by atoms with van der Waals surface area (Å²) in [6.07, 6.45) is 1.28. The van der Waals surface area contributed by atoms with E-state index in [0.29, 0.717) is 24.3 Å². The standard InChI is InChI=1S/C24H25N3O5S2/c1-17-5-6-20(16-18(17)2)26-34(31,32)22-11-7-19(8-12-22)25-33(29,30)23-13-9-21(10-14-23)27-15-3-4-24(27)28/h5-14,16,25-26H,3-4,15H2,1-2H3. The van der Waals surface area contributed by atoms with Crippen LogP contribution < -0.4 is 14.3 Å². The highest BCUT2D eigenvalue weighted by molar-refractivity contribution is 7.93. The Kier molecular flexibility index (Phi) is 6.37. The number of hydrogen-bond acceptors (Lipinski definition) is 5. The molecule has 1 saturated heterocycles. The largest absolute Gasteiger partial charge is 0.312 e. The number of anilines is 3. The third-order valence-electron chi connectivity index (χ3n) is 5.71. The first-order valence-corrected chi connectivity index (χ1v) is 13.7. The third kappa shape index (κ3) is 5.07. The molecular weight excluding hydrogens is 474 g/mol. The third-order valence-corrected chi connectivity index (χ3v) is 8.50. The van der Waals surface area contributed by atoms with Crippen molar-refractivity contribution in [1.29, 1.82) is 0 Å². The summed E-state index contributed by atoms with van der Waals surface area (Å²) in [4.78, 5) is 13.6. The molecule has 1 amide bonds. The van der Waals surface area contributed by atoms with Gasteiger partial charge in [-0.25, -0.2) is 16.8 Å². The van der Waals surface area contributed by atoms with E-state index in [0.717, 1.165) is 17.5 Å². The number of nitrogens with one attached hydrogen (secondary N) is 2. The zero-order valence-corrected chi connectivity index (χ0v) is 20.4. The molecule has 3 aromatic rings. The number of amides is 1. The highest BCUT2D eigenvalue weighted by Gasteiger charge is 2.23. The quantitative estimate of drug-likeness (QED) is 0.510. The molecule has 178 valence electrons. The van der Waals surface area contributed by atoms with Gasteiger partial charge in [-0.15, -0.1) is 0 Å². The Bertz CT molecular complexity index is 1430. The molecule has 0 aromatic heterocycles. The van der Waals surface area contributed by atoms with Crippen molar-refractivity contribution >= 4 is 43.0 Å². The number of benzene rings is 3. The van der Waals surface area contributed by atoms with Gasteiger partial charge in [0.25, 0.3) is 20.0 Å². The summed E-state index contributed by atoms with van der Waals surface area (Å²) in [7, 11) is -7.72. The lowest BCUT2D eigenvalue weighted by Gasteiger charge is -2.16. The minimum atomic E-state index is -3.89. The maximum absolute atomic E-state index is 12.8. The summed E-state index contributed by atoms with van der Waals surface area (Å²) in [6, 6.07) is 16.8. The molecule has 1 aliphatic heterocycles. The number of sulfonamides is 2. The topological polar surface area (TPSA) is 113 Å². The van der Waals surface area contributed by atoms with Gasteiger partial charge in [0.2, 0.25) is 5.91 Å². The molecule has 0 saturated carbocycles. The van der Waals surface area contributed by atoms with Crippen molar-refractivity contribution in [3.63, 3.8) is 0 Å². The van der Waals surface area contributed by atoms with E-state index in [-0.39, 0.29) is 21.4 Å². The molecule has 34 heavy (non-hydrogen) atoms. The smallest absolute Gasteiger partial charge is 0.261 e. The van der Waals surface area contributed by atoms with Crippen LogP contribution in [0.5, 0.6) is 0 Å². The maximum atomic E-state index is 12.8. The Morgan fingerprint density at radius 2 is 1.24 bits per heavy atom. The fourth-order valence-corrected chi connectivity index (χ4v) is 5.77. The Balaban J connectivity index is 1.47. The Morgan fingerprint density at radius 1 is 0.706 bits per heavy atom. The lowest BCUT2D eigenvalue weighted by Crippen LogP contribution is -2.23. The van der Waals surface area contributed by atoms with Gasteiger partial charge in [-0.1, -0.05) is 6.07 Å². The summed E-state index contributed by atoms with van der Waals surface area (Å²) < 4.78 is 55.9. The number of nitrogens with zero attached hydrogens (tertiary/aromatic N) is 1. The summed E-state index contributed by atoms with van der Waals surface area (Å²) >= 11 is 0. The van der Waals surface area contributed by atoms with Gasteiger partial charge >= 0.3 is 0 Å². The minimum Gasteiger partial charge on any atom is -0.312 e. The zero-order valence-electron chi connectivity index (χ0n) is 18.8. The zero-order chi connectivity index (χ0) is 24.5. The van der Waals surface area contributed by atoms with Crippen LogP contribution in [-0.4, -0.2) is 29.3 Å². The van der Waals surface area contributed by atoms with Gasteiger partial charge in [-0.05, 0) is 92.1 Å². The molecule has 0 spiro atoms. The summed E-state index contributed by atoms with van der Waals surface area (Å²) in [6.45, 7) is 4.46. The first kappa shape index (κ1) is 23.8. The van der Waals surface area contributed by atoms with Crippen LogP contribution in [0.1, 0.15) is 24.0 Å². The molecule has 10 heteroatoms. The highest BCUT2D eigenvalue weighted by Crippen LogP contribution is 2.25. The van der Waals surface area contributed by atoms with Crippen molar-refractivity contribution < 1.29 is 21.6 Å². The van der Waals surface area contributed by atoms with E-state index in [4.69, 9.17) is 0 Å².